The number of ether oxygens (including phenoxy) is 2. The van der Waals surface area contributed by atoms with Gasteiger partial charge in [-0.25, -0.2) is 14.4 Å². The summed E-state index contributed by atoms with van der Waals surface area (Å²) in [6.07, 6.45) is 8.17. The molecule has 160 valence electrons. The van der Waals surface area contributed by atoms with Crippen LogP contribution in [0.15, 0.2) is 24.5 Å². The molecule has 2 heterocycles. The predicted octanol–water partition coefficient (Wildman–Crippen LogP) is 4.07. The molecule has 1 aromatic heterocycles. The van der Waals surface area contributed by atoms with E-state index in [4.69, 9.17) is 9.47 Å². The summed E-state index contributed by atoms with van der Waals surface area (Å²) in [5, 5.41) is 2.78. The largest absolute Gasteiger partial charge is 0.451 e. The van der Waals surface area contributed by atoms with Gasteiger partial charge in [-0.2, -0.15) is 0 Å². The highest BCUT2D eigenvalue weighted by atomic mass is 19.1. The van der Waals surface area contributed by atoms with Crippen molar-refractivity contribution in [2.45, 2.75) is 45.1 Å². The Bertz CT molecular complexity index is 871. The molecule has 2 aromatic rings. The number of methoxy groups -OCH3 is 1. The maximum absolute atomic E-state index is 14.7. The molecule has 1 saturated carbocycles. The number of amides is 1. The average molecular weight is 414 g/mol. The average Bonchev–Trinajstić information content (AvgIpc) is 2.71. The summed E-state index contributed by atoms with van der Waals surface area (Å²) in [5.41, 5.74) is 0.994. The Hall–Kier alpha value is -2.74. The van der Waals surface area contributed by atoms with E-state index in [1.807, 2.05) is 0 Å². The lowest BCUT2D eigenvalue weighted by Gasteiger charge is -2.32. The molecule has 0 spiro atoms. The molecule has 1 aromatic carbocycles. The smallest absolute Gasteiger partial charge is 0.227 e. The van der Waals surface area contributed by atoms with Crippen molar-refractivity contribution < 1.29 is 18.7 Å². The molecule has 0 radical (unpaired) electrons. The fourth-order valence-electron chi connectivity index (χ4n) is 3.89. The molecule has 0 unspecified atom stereocenters. The zero-order valence-corrected chi connectivity index (χ0v) is 17.4. The summed E-state index contributed by atoms with van der Waals surface area (Å²) in [6, 6.07) is 2.97. The van der Waals surface area contributed by atoms with Gasteiger partial charge in [-0.3, -0.25) is 4.79 Å². The standard InChI is InChI=1S/C22H27FN4O3/c1-14-8-16(26-21(28)15-9-17(10-15)29-2)11-19(23)20(14)30-18-12-24-22(25-13-18)27-6-4-3-5-7-27/h8,11-13,15,17H,3-7,9-10H2,1-2H3,(H,26,28). The number of aryl methyl sites for hydroxylation is 1. The number of benzene rings is 1. The number of hydrogen-bond acceptors (Lipinski definition) is 6. The van der Waals surface area contributed by atoms with Gasteiger partial charge in [0.05, 0.1) is 18.5 Å². The van der Waals surface area contributed by atoms with E-state index >= 15 is 0 Å². The lowest BCUT2D eigenvalue weighted by atomic mass is 9.81. The van der Waals surface area contributed by atoms with E-state index in [1.165, 1.54) is 12.5 Å². The van der Waals surface area contributed by atoms with Crippen molar-refractivity contribution >= 4 is 17.5 Å². The van der Waals surface area contributed by atoms with E-state index in [-0.39, 0.29) is 23.7 Å². The van der Waals surface area contributed by atoms with Gasteiger partial charge in [0.1, 0.15) is 0 Å². The number of halogens is 1. The van der Waals surface area contributed by atoms with Crippen LogP contribution in [0.4, 0.5) is 16.0 Å². The van der Waals surface area contributed by atoms with Gasteiger partial charge < -0.3 is 19.7 Å². The maximum atomic E-state index is 14.7. The van der Waals surface area contributed by atoms with Gasteiger partial charge in [0.15, 0.2) is 17.3 Å². The number of rotatable bonds is 6. The first-order valence-corrected chi connectivity index (χ1v) is 10.4. The van der Waals surface area contributed by atoms with Gasteiger partial charge in [-0.15, -0.1) is 0 Å². The fraction of sp³-hybridized carbons (Fsp3) is 0.500. The number of nitrogens with one attached hydrogen (secondary N) is 1. The molecule has 0 bridgehead atoms. The third kappa shape index (κ3) is 4.53. The lowest BCUT2D eigenvalue weighted by molar-refractivity contribution is -0.127. The van der Waals surface area contributed by atoms with Crippen LogP contribution in [0.2, 0.25) is 0 Å². The summed E-state index contributed by atoms with van der Waals surface area (Å²) in [7, 11) is 1.64. The number of aromatic nitrogens is 2. The van der Waals surface area contributed by atoms with Crippen molar-refractivity contribution in [2.75, 3.05) is 30.4 Å². The zero-order valence-electron chi connectivity index (χ0n) is 17.4. The third-order valence-corrected chi connectivity index (χ3v) is 5.77. The van der Waals surface area contributed by atoms with Gasteiger partial charge in [-0.1, -0.05) is 0 Å². The van der Waals surface area contributed by atoms with Crippen LogP contribution in [0.5, 0.6) is 11.5 Å². The lowest BCUT2D eigenvalue weighted by Crippen LogP contribution is -2.38. The van der Waals surface area contributed by atoms with E-state index in [9.17, 15) is 9.18 Å². The van der Waals surface area contributed by atoms with Crippen LogP contribution < -0.4 is 15.0 Å². The van der Waals surface area contributed by atoms with Crippen molar-refractivity contribution in [3.05, 3.63) is 35.9 Å². The molecule has 1 amide bonds. The van der Waals surface area contributed by atoms with Crippen molar-refractivity contribution in [2.24, 2.45) is 5.92 Å². The quantitative estimate of drug-likeness (QED) is 0.768. The Morgan fingerprint density at radius 2 is 1.87 bits per heavy atom. The second kappa shape index (κ2) is 8.95. The van der Waals surface area contributed by atoms with Crippen molar-refractivity contribution in [1.29, 1.82) is 0 Å². The van der Waals surface area contributed by atoms with E-state index in [2.05, 4.69) is 20.2 Å². The Labute approximate surface area is 175 Å². The summed E-state index contributed by atoms with van der Waals surface area (Å²) in [4.78, 5) is 23.1. The van der Waals surface area contributed by atoms with Crippen LogP contribution >= 0.6 is 0 Å². The third-order valence-electron chi connectivity index (χ3n) is 5.77. The van der Waals surface area contributed by atoms with Crippen molar-refractivity contribution in [3.63, 3.8) is 0 Å². The summed E-state index contributed by atoms with van der Waals surface area (Å²) in [6.45, 7) is 3.64. The van der Waals surface area contributed by atoms with Gasteiger partial charge >= 0.3 is 0 Å². The molecule has 0 atom stereocenters. The topological polar surface area (TPSA) is 76.6 Å². The number of hydrogen-bond donors (Lipinski definition) is 1. The molecule has 2 aliphatic rings. The Morgan fingerprint density at radius 1 is 1.17 bits per heavy atom. The minimum Gasteiger partial charge on any atom is -0.451 e. The Morgan fingerprint density at radius 3 is 2.50 bits per heavy atom. The van der Waals surface area contributed by atoms with Crippen molar-refractivity contribution in [3.8, 4) is 11.5 Å². The summed E-state index contributed by atoms with van der Waals surface area (Å²) in [5.74, 6) is 0.389. The second-order valence-electron chi connectivity index (χ2n) is 7.99. The second-order valence-corrected chi connectivity index (χ2v) is 7.99. The highest BCUT2D eigenvalue weighted by Gasteiger charge is 2.34. The molecule has 7 nitrogen and oxygen atoms in total. The van der Waals surface area contributed by atoms with Crippen LogP contribution in [-0.2, 0) is 9.53 Å². The van der Waals surface area contributed by atoms with Crippen LogP contribution in [-0.4, -0.2) is 42.2 Å². The molecule has 4 rings (SSSR count). The number of nitrogens with zero attached hydrogens (tertiary/aromatic N) is 3. The Kier molecular flexibility index (Phi) is 6.13. The van der Waals surface area contributed by atoms with Crippen molar-refractivity contribution in [1.82, 2.24) is 9.97 Å². The minimum absolute atomic E-state index is 0.0928. The first kappa shape index (κ1) is 20.5. The molecule has 2 fully saturated rings. The number of carbonyl (C=O) groups is 1. The van der Waals surface area contributed by atoms with Crippen LogP contribution in [0, 0.1) is 18.7 Å². The highest BCUT2D eigenvalue weighted by molar-refractivity contribution is 5.93. The van der Waals surface area contributed by atoms with Gasteiger partial charge in [0.25, 0.3) is 0 Å². The number of carbonyl (C=O) groups excluding carboxylic acids is 1. The van der Waals surface area contributed by atoms with E-state index in [0.717, 1.165) is 25.9 Å². The minimum atomic E-state index is -0.547. The normalized spacial score (nSPS) is 21.1. The predicted molar refractivity (Wildman–Crippen MR) is 111 cm³/mol. The molecule has 1 aliphatic carbocycles. The van der Waals surface area contributed by atoms with Crippen LogP contribution in [0.25, 0.3) is 0 Å². The van der Waals surface area contributed by atoms with E-state index < -0.39 is 5.82 Å². The molecule has 1 N–H and O–H groups in total. The van der Waals surface area contributed by atoms with Crippen LogP contribution in [0.1, 0.15) is 37.7 Å². The van der Waals surface area contributed by atoms with E-state index in [1.54, 1.807) is 32.5 Å². The summed E-state index contributed by atoms with van der Waals surface area (Å²) < 4.78 is 25.6. The van der Waals surface area contributed by atoms with Gasteiger partial charge in [-0.05, 0) is 50.7 Å². The van der Waals surface area contributed by atoms with E-state index in [0.29, 0.717) is 35.8 Å². The van der Waals surface area contributed by atoms with Crippen LogP contribution in [0.3, 0.4) is 0 Å². The number of anilines is 2. The highest BCUT2D eigenvalue weighted by Crippen LogP contribution is 2.33. The molecule has 8 heteroatoms. The van der Waals surface area contributed by atoms with Gasteiger partial charge in [0, 0.05) is 37.9 Å². The molecular weight excluding hydrogens is 387 g/mol. The van der Waals surface area contributed by atoms with Gasteiger partial charge in [0.2, 0.25) is 11.9 Å². The summed E-state index contributed by atoms with van der Waals surface area (Å²) >= 11 is 0. The monoisotopic (exact) mass is 414 g/mol. The SMILES string of the molecule is COC1CC(C(=O)Nc2cc(C)c(Oc3cnc(N4CCCCC4)nc3)c(F)c2)C1. The first-order valence-electron chi connectivity index (χ1n) is 10.4. The molecule has 30 heavy (non-hydrogen) atoms. The zero-order chi connectivity index (χ0) is 21.1. The molecular formula is C22H27FN4O3. The maximum Gasteiger partial charge on any atom is 0.227 e. The first-order chi connectivity index (χ1) is 14.5. The Balaban J connectivity index is 1.40. The molecule has 1 aliphatic heterocycles. The number of piperidine rings is 1. The molecule has 1 saturated heterocycles. The fourth-order valence-corrected chi connectivity index (χ4v) is 3.89.